The molecule has 0 aromatic heterocycles. The van der Waals surface area contributed by atoms with Crippen molar-refractivity contribution in [3.05, 3.63) is 24.3 Å². The largest absolute Gasteiger partial charge is 0.479 e. The summed E-state index contributed by atoms with van der Waals surface area (Å²) in [5, 5.41) is 11.9. The number of rotatable bonds is 4. The normalized spacial score (nSPS) is 16.2. The smallest absolute Gasteiger partial charge is 0.174 e. The molecule has 0 radical (unpaired) electrons. The Balaban J connectivity index is 1.86. The summed E-state index contributed by atoms with van der Waals surface area (Å²) in [6.45, 7) is 0.104. The molecule has 2 rings (SSSR count). The van der Waals surface area contributed by atoms with Crippen LogP contribution in [0.25, 0.3) is 0 Å². The Morgan fingerprint density at radius 3 is 2.65 bits per heavy atom. The fourth-order valence-electron chi connectivity index (χ4n) is 1.84. The molecule has 0 aliphatic carbocycles. The molecule has 90 valence electrons. The first-order valence-electron chi connectivity index (χ1n) is 5.82. The lowest BCUT2D eigenvalue weighted by atomic mass is 10.1. The van der Waals surface area contributed by atoms with Gasteiger partial charge in [-0.25, -0.2) is 0 Å². The Hall–Kier alpha value is -1.34. The minimum absolute atomic E-state index is 0.104. The zero-order valence-corrected chi connectivity index (χ0v) is 10.5. The summed E-state index contributed by atoms with van der Waals surface area (Å²) in [4.78, 5) is 0. The second kappa shape index (κ2) is 6.41. The number of hydrogen-bond donors (Lipinski definition) is 1. The van der Waals surface area contributed by atoms with Gasteiger partial charge in [0.1, 0.15) is 11.8 Å². The summed E-state index contributed by atoms with van der Waals surface area (Å²) >= 11 is 2.03. The molecule has 0 amide bonds. The Labute approximate surface area is 106 Å². The van der Waals surface area contributed by atoms with Gasteiger partial charge in [0.15, 0.2) is 6.61 Å². The Morgan fingerprint density at radius 2 is 2.00 bits per heavy atom. The van der Waals surface area contributed by atoms with Crippen LogP contribution in [0, 0.1) is 11.3 Å². The Morgan fingerprint density at radius 1 is 1.29 bits per heavy atom. The van der Waals surface area contributed by atoms with Crippen molar-refractivity contribution in [1.82, 2.24) is 0 Å². The van der Waals surface area contributed by atoms with Crippen LogP contribution in [0.5, 0.6) is 5.75 Å². The van der Waals surface area contributed by atoms with Gasteiger partial charge in [0, 0.05) is 11.7 Å². The number of thioether (sulfide) groups is 1. The van der Waals surface area contributed by atoms with Gasteiger partial charge >= 0.3 is 0 Å². The van der Waals surface area contributed by atoms with Crippen molar-refractivity contribution in [3.63, 3.8) is 0 Å². The van der Waals surface area contributed by atoms with E-state index in [4.69, 9.17) is 10.00 Å². The van der Waals surface area contributed by atoms with Crippen LogP contribution < -0.4 is 10.1 Å². The summed E-state index contributed by atoms with van der Waals surface area (Å²) in [6.07, 6.45) is 2.47. The first-order valence-corrected chi connectivity index (χ1v) is 6.98. The van der Waals surface area contributed by atoms with E-state index in [0.29, 0.717) is 6.04 Å². The molecule has 0 unspecified atom stereocenters. The first-order chi connectivity index (χ1) is 8.38. The van der Waals surface area contributed by atoms with Gasteiger partial charge in [-0.2, -0.15) is 17.0 Å². The van der Waals surface area contributed by atoms with Crippen molar-refractivity contribution in [2.24, 2.45) is 0 Å². The van der Waals surface area contributed by atoms with E-state index in [0.717, 1.165) is 11.4 Å². The lowest BCUT2D eigenvalue weighted by Gasteiger charge is -2.23. The summed E-state index contributed by atoms with van der Waals surface area (Å²) in [6, 6.07) is 10.4. The molecule has 1 fully saturated rings. The maximum atomic E-state index is 8.41. The number of ether oxygens (including phenoxy) is 1. The Kier molecular flexibility index (Phi) is 4.57. The topological polar surface area (TPSA) is 45.0 Å². The average molecular weight is 248 g/mol. The zero-order valence-electron chi connectivity index (χ0n) is 9.69. The minimum Gasteiger partial charge on any atom is -0.479 e. The maximum absolute atomic E-state index is 8.41. The van der Waals surface area contributed by atoms with Crippen molar-refractivity contribution < 1.29 is 4.74 Å². The lowest BCUT2D eigenvalue weighted by molar-refractivity contribution is 0.368. The summed E-state index contributed by atoms with van der Waals surface area (Å²) in [5.41, 5.74) is 1.13. The number of nitrogens with one attached hydrogen (secondary N) is 1. The highest BCUT2D eigenvalue weighted by atomic mass is 32.2. The predicted molar refractivity (Wildman–Crippen MR) is 71.5 cm³/mol. The molecule has 3 nitrogen and oxygen atoms in total. The second-order valence-electron chi connectivity index (χ2n) is 4.00. The standard InChI is InChI=1S/C13H16N2OS/c14-7-8-16-13-3-1-11(2-4-13)15-12-5-9-17-10-6-12/h1-4,12,15H,5-6,8-10H2. The molecule has 17 heavy (non-hydrogen) atoms. The molecule has 1 aliphatic rings. The van der Waals surface area contributed by atoms with E-state index in [9.17, 15) is 0 Å². The molecule has 0 spiro atoms. The van der Waals surface area contributed by atoms with Gasteiger partial charge in [0.2, 0.25) is 0 Å². The van der Waals surface area contributed by atoms with Crippen LogP contribution >= 0.6 is 11.8 Å². The molecule has 0 bridgehead atoms. The van der Waals surface area contributed by atoms with Crippen molar-refractivity contribution in [3.8, 4) is 11.8 Å². The van der Waals surface area contributed by atoms with Crippen LogP contribution in [-0.4, -0.2) is 24.2 Å². The van der Waals surface area contributed by atoms with Gasteiger partial charge in [-0.05, 0) is 48.6 Å². The molecular weight excluding hydrogens is 232 g/mol. The fraction of sp³-hybridized carbons (Fsp3) is 0.462. The number of benzene rings is 1. The molecule has 4 heteroatoms. The predicted octanol–water partition coefficient (Wildman–Crippen LogP) is 2.90. The number of hydrogen-bond acceptors (Lipinski definition) is 4. The van der Waals surface area contributed by atoms with E-state index >= 15 is 0 Å². The van der Waals surface area contributed by atoms with Gasteiger partial charge in [0.05, 0.1) is 0 Å². The van der Waals surface area contributed by atoms with E-state index in [1.165, 1.54) is 24.3 Å². The molecule has 1 N–H and O–H groups in total. The number of nitrogens with zero attached hydrogens (tertiary/aromatic N) is 1. The van der Waals surface area contributed by atoms with Gasteiger partial charge < -0.3 is 10.1 Å². The van der Waals surface area contributed by atoms with Crippen LogP contribution in [-0.2, 0) is 0 Å². The van der Waals surface area contributed by atoms with E-state index in [-0.39, 0.29) is 6.61 Å². The van der Waals surface area contributed by atoms with E-state index in [2.05, 4.69) is 5.32 Å². The van der Waals surface area contributed by atoms with Crippen molar-refractivity contribution >= 4 is 17.4 Å². The van der Waals surface area contributed by atoms with E-state index < -0.39 is 0 Å². The van der Waals surface area contributed by atoms with Crippen LogP contribution in [0.3, 0.4) is 0 Å². The molecular formula is C13H16N2OS. The van der Waals surface area contributed by atoms with Crippen LogP contribution in [0.4, 0.5) is 5.69 Å². The summed E-state index contributed by atoms with van der Waals surface area (Å²) in [5.74, 6) is 3.25. The maximum Gasteiger partial charge on any atom is 0.174 e. The third kappa shape index (κ3) is 3.86. The molecule has 1 aromatic carbocycles. The molecule has 1 aromatic rings. The number of anilines is 1. The lowest BCUT2D eigenvalue weighted by Crippen LogP contribution is -2.24. The summed E-state index contributed by atoms with van der Waals surface area (Å²) < 4.78 is 5.21. The van der Waals surface area contributed by atoms with Gasteiger partial charge in [-0.1, -0.05) is 0 Å². The molecule has 1 heterocycles. The fourth-order valence-corrected chi connectivity index (χ4v) is 2.95. The zero-order chi connectivity index (χ0) is 11.9. The van der Waals surface area contributed by atoms with Crippen LogP contribution in [0.1, 0.15) is 12.8 Å². The van der Waals surface area contributed by atoms with Gasteiger partial charge in [-0.15, -0.1) is 0 Å². The van der Waals surface area contributed by atoms with E-state index in [1.807, 2.05) is 42.1 Å². The minimum atomic E-state index is 0.104. The van der Waals surface area contributed by atoms with E-state index in [1.54, 1.807) is 0 Å². The quantitative estimate of drug-likeness (QED) is 0.890. The Bertz CT molecular complexity index is 379. The van der Waals surface area contributed by atoms with Crippen molar-refractivity contribution in [2.45, 2.75) is 18.9 Å². The highest BCUT2D eigenvalue weighted by Gasteiger charge is 2.12. The average Bonchev–Trinajstić information content (AvgIpc) is 2.39. The van der Waals surface area contributed by atoms with Crippen molar-refractivity contribution in [2.75, 3.05) is 23.4 Å². The SMILES string of the molecule is N#CCOc1ccc(NC2CCSCC2)cc1. The molecule has 1 saturated heterocycles. The highest BCUT2D eigenvalue weighted by molar-refractivity contribution is 7.99. The second-order valence-corrected chi connectivity index (χ2v) is 5.23. The number of nitriles is 1. The van der Waals surface area contributed by atoms with Crippen LogP contribution in [0.15, 0.2) is 24.3 Å². The molecule has 0 atom stereocenters. The monoisotopic (exact) mass is 248 g/mol. The summed E-state index contributed by atoms with van der Waals surface area (Å²) in [7, 11) is 0. The van der Waals surface area contributed by atoms with Gasteiger partial charge in [-0.3, -0.25) is 0 Å². The van der Waals surface area contributed by atoms with Crippen LogP contribution in [0.2, 0.25) is 0 Å². The van der Waals surface area contributed by atoms with Gasteiger partial charge in [0.25, 0.3) is 0 Å². The first kappa shape index (κ1) is 12.1. The molecule has 1 aliphatic heterocycles. The van der Waals surface area contributed by atoms with Crippen molar-refractivity contribution in [1.29, 1.82) is 5.26 Å². The third-order valence-electron chi connectivity index (χ3n) is 2.75. The molecule has 0 saturated carbocycles. The highest BCUT2D eigenvalue weighted by Crippen LogP contribution is 2.22. The third-order valence-corrected chi connectivity index (χ3v) is 3.80.